The predicted molar refractivity (Wildman–Crippen MR) is 205 cm³/mol. The van der Waals surface area contributed by atoms with E-state index in [1.54, 1.807) is 62.4 Å². The number of halogens is 3. The number of phenolic OH excluding ortho intramolecular Hbond substituents is 1. The smallest absolute Gasteiger partial charge is 1.00 e. The molecule has 5 N–H and O–H groups in total. The molecule has 0 saturated carbocycles. The summed E-state index contributed by atoms with van der Waals surface area (Å²) in [5, 5.41) is 59.4. The van der Waals surface area contributed by atoms with Crippen LogP contribution in [0.2, 0.25) is 0 Å². The fraction of sp³-hybridized carbons (Fsp3) is 0.205. The number of phenols is 1. The molecule has 59 heavy (non-hydrogen) atoms. The van der Waals surface area contributed by atoms with E-state index in [1.165, 1.54) is 38.1 Å². The molecule has 15 nitrogen and oxygen atoms in total. The van der Waals surface area contributed by atoms with Gasteiger partial charge in [0.2, 0.25) is 0 Å². The molecule has 0 aromatic heterocycles. The van der Waals surface area contributed by atoms with Crippen molar-refractivity contribution in [2.24, 2.45) is 0 Å². The zero-order valence-electron chi connectivity index (χ0n) is 33.6. The minimum absolute atomic E-state index is 0. The molecule has 2 atom stereocenters. The Hall–Kier alpha value is -3.66. The molecule has 20 heteroatoms. The number of anilines is 2. The largest absolute Gasteiger partial charge is 1.00 e. The summed E-state index contributed by atoms with van der Waals surface area (Å²) in [4.78, 5) is 41.9. The van der Waals surface area contributed by atoms with Crippen molar-refractivity contribution in [1.29, 1.82) is 10.5 Å². The number of hydrogen-bond acceptors (Lipinski definition) is 11. The molecule has 0 spiro atoms. The normalized spacial score (nSPS) is 11.2. The van der Waals surface area contributed by atoms with Gasteiger partial charge in [0, 0.05) is 28.8 Å². The third-order valence-corrected chi connectivity index (χ3v) is 8.17. The van der Waals surface area contributed by atoms with Gasteiger partial charge in [0.05, 0.1) is 24.3 Å². The van der Waals surface area contributed by atoms with E-state index in [1.807, 2.05) is 0 Å². The molecule has 4 aromatic rings. The first-order chi connectivity index (χ1) is 26.8. The molecule has 4 aromatic carbocycles. The van der Waals surface area contributed by atoms with Crippen LogP contribution in [0.5, 0.6) is 11.5 Å². The predicted octanol–water partition coefficient (Wildman–Crippen LogP) is -0.0865. The number of alkyl halides is 1. The van der Waals surface area contributed by atoms with Gasteiger partial charge in [-0.15, -0.1) is 0 Å². The van der Waals surface area contributed by atoms with Crippen molar-refractivity contribution >= 4 is 57.0 Å². The molecule has 0 radical (unpaired) electrons. The van der Waals surface area contributed by atoms with Gasteiger partial charge in [0.1, 0.15) is 47.5 Å². The Labute approximate surface area is 434 Å². The van der Waals surface area contributed by atoms with Crippen LogP contribution >= 0.6 is 15.9 Å². The zero-order chi connectivity index (χ0) is 43.3. The number of nitriles is 2. The average molecular weight is 928 g/mol. The fourth-order valence-corrected chi connectivity index (χ4v) is 4.12. The number of benzene rings is 4. The number of carbonyl (C=O) groups is 3. The maximum atomic E-state index is 13.6. The zero-order valence-corrected chi connectivity index (χ0v) is 40.5. The molecule has 0 bridgehead atoms. The van der Waals surface area contributed by atoms with Crippen molar-refractivity contribution in [3.05, 3.63) is 130 Å². The summed E-state index contributed by atoms with van der Waals surface area (Å²) in [5.41, 5.74) is 0.00108. The van der Waals surface area contributed by atoms with E-state index in [0.717, 1.165) is 17.7 Å². The number of carbonyl (C=O) groups excluding carboxylic acids is 3. The molecule has 0 aliphatic carbocycles. The number of aryl methyl sites for hydroxylation is 2. The van der Waals surface area contributed by atoms with Gasteiger partial charge in [-0.2, -0.15) is 10.5 Å². The Kier molecular flexibility index (Phi) is 28.0. The second-order valence-corrected chi connectivity index (χ2v) is 12.4. The van der Waals surface area contributed by atoms with Crippen LogP contribution in [0.3, 0.4) is 0 Å². The first-order valence-corrected chi connectivity index (χ1v) is 17.0. The van der Waals surface area contributed by atoms with Crippen LogP contribution in [0.4, 0.5) is 31.5 Å². The summed E-state index contributed by atoms with van der Waals surface area (Å²) in [5.74, 6) is -2.71. The van der Waals surface area contributed by atoms with Crippen LogP contribution in [0.1, 0.15) is 37.5 Å². The maximum Gasteiger partial charge on any atom is 1.00 e. The number of aliphatic hydroxyl groups is 2. The van der Waals surface area contributed by atoms with Crippen LogP contribution in [-0.2, 0) is 19.3 Å². The van der Waals surface area contributed by atoms with Gasteiger partial charge < -0.3 is 42.3 Å². The number of ether oxygens (including phenoxy) is 1. The summed E-state index contributed by atoms with van der Waals surface area (Å²) in [6.07, 6.45) is 0. The molecule has 0 aliphatic heterocycles. The van der Waals surface area contributed by atoms with Crippen molar-refractivity contribution in [2.45, 2.75) is 38.9 Å². The summed E-state index contributed by atoms with van der Waals surface area (Å²) in [6.45, 7) is 19.6. The third kappa shape index (κ3) is 20.0. The van der Waals surface area contributed by atoms with Crippen molar-refractivity contribution in [1.82, 2.24) is 0 Å². The minimum atomic E-state index is -1.88. The van der Waals surface area contributed by atoms with Gasteiger partial charge in [-0.1, -0.05) is 28.1 Å². The van der Waals surface area contributed by atoms with E-state index in [9.17, 15) is 28.6 Å². The van der Waals surface area contributed by atoms with Gasteiger partial charge in [0.15, 0.2) is 17.0 Å². The van der Waals surface area contributed by atoms with E-state index in [2.05, 4.69) is 41.1 Å². The molecule has 0 saturated heterocycles. The first kappa shape index (κ1) is 57.4. The van der Waals surface area contributed by atoms with Gasteiger partial charge in [0.25, 0.3) is 18.3 Å². The Morgan fingerprint density at radius 3 is 1.63 bits per heavy atom. The summed E-state index contributed by atoms with van der Waals surface area (Å²) >= 11 is 3.07. The van der Waals surface area contributed by atoms with E-state index in [-0.39, 0.29) is 139 Å². The Balaban J connectivity index is -0.000000823. The van der Waals surface area contributed by atoms with Gasteiger partial charge in [-0.05, 0) is 87.4 Å². The molecular formula is C39H35BrF2K2N6O9. The number of hydrogen-bond donors (Lipinski definition) is 5. The third-order valence-electron chi connectivity index (χ3n) is 7.08. The quantitative estimate of drug-likeness (QED) is 0.0372. The standard InChI is InChI=1S/C19H16FN3O3.C12H13BrN2O2.C7H4FNO.CH2O3.2K.H/c1-12-8-14(5-7-17(12)22-3)23-18(24)19(2,25)11-26-15-6-4-13(10-21)16(20)9-15;1-8-6-9(4-5-10(8)14-3)15-11(16)12(2,17)7-13;8-7-3-6(10)2-1-5(7)4-9;2-1-4-3;;;/h4-9,25H,11H2,1-2H3,(H,23,24);4-6,17H,7H2,1-2H3,(H,15,16);1-3,10H;1,3H;;;/q;;;;2*+1;-1/p-1/t19-;12-;;;;;/m00...../s1. The first-order valence-electron chi connectivity index (χ1n) is 15.9. The number of rotatable bonds is 9. The summed E-state index contributed by atoms with van der Waals surface area (Å²) < 4.78 is 31.3. The number of amides is 2. The average Bonchev–Trinajstić information content (AvgIpc) is 3.18. The van der Waals surface area contributed by atoms with E-state index in [4.69, 9.17) is 43.6 Å². The molecular weight excluding hydrogens is 893 g/mol. The molecule has 0 aliphatic rings. The molecule has 0 heterocycles. The second-order valence-electron chi connectivity index (χ2n) is 11.8. The molecule has 2 amide bonds. The number of nitrogens with one attached hydrogen (secondary N) is 2. The Morgan fingerprint density at radius 1 is 0.847 bits per heavy atom. The Morgan fingerprint density at radius 2 is 1.27 bits per heavy atom. The van der Waals surface area contributed by atoms with Crippen LogP contribution in [0, 0.1) is 61.3 Å². The van der Waals surface area contributed by atoms with Gasteiger partial charge >= 0.3 is 103 Å². The van der Waals surface area contributed by atoms with Crippen LogP contribution < -0.4 is 123 Å². The number of nitrogens with zero attached hydrogens (tertiary/aromatic N) is 4. The van der Waals surface area contributed by atoms with Gasteiger partial charge in [-0.25, -0.2) is 18.5 Å². The van der Waals surface area contributed by atoms with Crippen molar-refractivity contribution in [2.75, 3.05) is 22.6 Å². The maximum absolute atomic E-state index is 13.6. The van der Waals surface area contributed by atoms with Crippen molar-refractivity contribution in [3.8, 4) is 23.6 Å². The van der Waals surface area contributed by atoms with Crippen LogP contribution in [-0.4, -0.2) is 56.7 Å². The van der Waals surface area contributed by atoms with Crippen molar-refractivity contribution < 1.29 is 158 Å². The van der Waals surface area contributed by atoms with Crippen LogP contribution in [0.15, 0.2) is 72.8 Å². The second kappa shape index (κ2) is 28.7. The fourth-order valence-electron chi connectivity index (χ4n) is 3.87. The SMILES string of the molecule is N#Cc1ccc(O)cc1F.O=CO[O-].[C-]#[N+]c1ccc(NC(=O)[C@@](C)(O)CBr)cc1C.[C-]#[N+]c1ccc(NC(=O)[C@@](C)(O)COc2ccc(C#N)c(F)c2)cc1C.[H-].[K+].[K+]. The topological polar surface area (TPSA) is 234 Å². The van der Waals surface area contributed by atoms with E-state index in [0.29, 0.717) is 28.3 Å². The minimum Gasteiger partial charge on any atom is -1.00 e. The molecule has 0 fully saturated rings. The van der Waals surface area contributed by atoms with Crippen LogP contribution in [0.25, 0.3) is 9.69 Å². The molecule has 298 valence electrons. The monoisotopic (exact) mass is 926 g/mol. The van der Waals surface area contributed by atoms with Crippen molar-refractivity contribution in [3.63, 3.8) is 0 Å². The van der Waals surface area contributed by atoms with E-state index < -0.39 is 41.3 Å². The summed E-state index contributed by atoms with van der Waals surface area (Å²) in [7, 11) is 0. The molecule has 4 rings (SSSR count). The van der Waals surface area contributed by atoms with E-state index >= 15 is 0 Å². The van der Waals surface area contributed by atoms with Gasteiger partial charge in [-0.3, -0.25) is 14.4 Å². The summed E-state index contributed by atoms with van der Waals surface area (Å²) in [6, 6.07) is 20.1. The number of aromatic hydroxyl groups is 1. The molecule has 0 unspecified atom stereocenters. The Bertz CT molecular complexity index is 2250.